The van der Waals surface area contributed by atoms with Crippen LogP contribution in [0.4, 0.5) is 5.00 Å². The second kappa shape index (κ2) is 6.22. The number of benzene rings is 1. The molecule has 0 bridgehead atoms. The molecule has 0 saturated carbocycles. The molecule has 24 heavy (non-hydrogen) atoms. The molecule has 0 spiro atoms. The van der Waals surface area contributed by atoms with Gasteiger partial charge in [-0.05, 0) is 71.0 Å². The van der Waals surface area contributed by atoms with Gasteiger partial charge in [0.05, 0.1) is 9.13 Å². The molecule has 0 fully saturated rings. The first kappa shape index (κ1) is 16.2. The molecule has 1 aliphatic carbocycles. The molecule has 2 aliphatic rings. The summed E-state index contributed by atoms with van der Waals surface area (Å²) >= 11 is 3.84. The highest BCUT2D eigenvalue weighted by Crippen LogP contribution is 2.43. The van der Waals surface area contributed by atoms with Crippen LogP contribution in [0.1, 0.15) is 52.3 Å². The third-order valence-electron chi connectivity index (χ3n) is 5.03. The Balaban J connectivity index is 1.67. The zero-order valence-corrected chi connectivity index (χ0v) is 16.3. The van der Waals surface area contributed by atoms with Gasteiger partial charge in [0, 0.05) is 4.88 Å². The number of halogens is 1. The van der Waals surface area contributed by atoms with Crippen molar-refractivity contribution in [3.05, 3.63) is 43.3 Å². The van der Waals surface area contributed by atoms with E-state index in [2.05, 4.69) is 40.1 Å². The molecule has 1 amide bonds. The van der Waals surface area contributed by atoms with Crippen molar-refractivity contribution in [1.82, 2.24) is 5.32 Å². The molecule has 1 aromatic carbocycles. The lowest BCUT2D eigenvalue weighted by Gasteiger charge is -2.27. The van der Waals surface area contributed by atoms with Crippen LogP contribution < -0.4 is 10.6 Å². The minimum atomic E-state index is -0.249. The summed E-state index contributed by atoms with van der Waals surface area (Å²) < 4.78 is 0.781. The van der Waals surface area contributed by atoms with Gasteiger partial charge in [-0.3, -0.25) is 4.79 Å². The highest BCUT2D eigenvalue weighted by atomic mass is 127. The summed E-state index contributed by atoms with van der Waals surface area (Å²) in [7, 11) is 0. The van der Waals surface area contributed by atoms with Gasteiger partial charge in [-0.1, -0.05) is 19.4 Å². The summed E-state index contributed by atoms with van der Waals surface area (Å²) in [5.41, 5.74) is 3.06. The second-order valence-electron chi connectivity index (χ2n) is 6.49. The van der Waals surface area contributed by atoms with E-state index in [9.17, 15) is 9.90 Å². The fraction of sp³-hybridized carbons (Fsp3) is 0.389. The smallest absolute Gasteiger partial charge is 0.256 e. The van der Waals surface area contributed by atoms with E-state index in [-0.39, 0.29) is 17.8 Å². The van der Waals surface area contributed by atoms with Crippen LogP contribution in [0.5, 0.6) is 5.75 Å². The van der Waals surface area contributed by atoms with Crippen molar-refractivity contribution >= 4 is 44.8 Å². The van der Waals surface area contributed by atoms with Crippen molar-refractivity contribution in [2.45, 2.75) is 38.8 Å². The molecule has 2 atom stereocenters. The molecule has 0 saturated heterocycles. The van der Waals surface area contributed by atoms with Crippen molar-refractivity contribution in [3.8, 4) is 5.75 Å². The minimum Gasteiger partial charge on any atom is -0.507 e. The van der Waals surface area contributed by atoms with Gasteiger partial charge < -0.3 is 15.7 Å². The lowest BCUT2D eigenvalue weighted by atomic mass is 9.85. The third-order valence-corrected chi connectivity index (χ3v) is 7.08. The van der Waals surface area contributed by atoms with E-state index in [4.69, 9.17) is 0 Å². The summed E-state index contributed by atoms with van der Waals surface area (Å²) in [5.74, 6) is 1.03. The number of rotatable bonds is 2. The first-order chi connectivity index (χ1) is 11.6. The van der Waals surface area contributed by atoms with Crippen molar-refractivity contribution in [3.63, 3.8) is 0 Å². The van der Waals surface area contributed by atoms with Crippen molar-refractivity contribution in [1.29, 1.82) is 0 Å². The van der Waals surface area contributed by atoms with Gasteiger partial charge in [0.1, 0.15) is 16.9 Å². The lowest BCUT2D eigenvalue weighted by molar-refractivity contribution is 0.0935. The van der Waals surface area contributed by atoms with Crippen molar-refractivity contribution in [2.75, 3.05) is 5.32 Å². The van der Waals surface area contributed by atoms with Gasteiger partial charge in [0.25, 0.3) is 5.91 Å². The van der Waals surface area contributed by atoms with Gasteiger partial charge in [0.15, 0.2) is 0 Å². The van der Waals surface area contributed by atoms with Crippen LogP contribution in [0.3, 0.4) is 0 Å². The Morgan fingerprint density at radius 3 is 2.96 bits per heavy atom. The van der Waals surface area contributed by atoms with E-state index in [0.29, 0.717) is 0 Å². The largest absolute Gasteiger partial charge is 0.507 e. The number of fused-ring (bicyclic) bond motifs is 3. The van der Waals surface area contributed by atoms with E-state index in [0.717, 1.165) is 38.5 Å². The Morgan fingerprint density at radius 2 is 2.21 bits per heavy atom. The number of phenolic OH excluding ortho intramolecular Hbond substituents is 1. The van der Waals surface area contributed by atoms with Gasteiger partial charge >= 0.3 is 0 Å². The first-order valence-corrected chi connectivity index (χ1v) is 10.2. The number of nitrogens with one attached hydrogen (secondary N) is 2. The zero-order chi connectivity index (χ0) is 16.8. The molecular formula is C18H19IN2O2S. The summed E-state index contributed by atoms with van der Waals surface area (Å²) in [6, 6.07) is 5.42. The molecule has 2 aromatic rings. The van der Waals surface area contributed by atoms with Crippen LogP contribution in [-0.2, 0) is 12.8 Å². The predicted molar refractivity (Wildman–Crippen MR) is 105 cm³/mol. The van der Waals surface area contributed by atoms with Gasteiger partial charge in [-0.25, -0.2) is 0 Å². The quantitative estimate of drug-likeness (QED) is 0.589. The third kappa shape index (κ3) is 2.69. The van der Waals surface area contributed by atoms with E-state index in [1.807, 2.05) is 12.1 Å². The normalized spacial score (nSPS) is 22.3. The number of hydrogen-bond donors (Lipinski definition) is 3. The molecule has 1 aliphatic heterocycles. The Labute approximate surface area is 158 Å². The van der Waals surface area contributed by atoms with Gasteiger partial charge in [-0.15, -0.1) is 11.3 Å². The highest BCUT2D eigenvalue weighted by Gasteiger charge is 2.33. The van der Waals surface area contributed by atoms with E-state index >= 15 is 0 Å². The van der Waals surface area contributed by atoms with E-state index < -0.39 is 0 Å². The average molecular weight is 454 g/mol. The van der Waals surface area contributed by atoms with Crippen LogP contribution >= 0.6 is 33.9 Å². The maximum Gasteiger partial charge on any atom is 0.256 e. The van der Waals surface area contributed by atoms with Crippen molar-refractivity contribution < 1.29 is 9.90 Å². The Hall–Kier alpha value is -1.28. The number of amides is 1. The first-order valence-electron chi connectivity index (χ1n) is 8.27. The summed E-state index contributed by atoms with van der Waals surface area (Å²) in [5, 5.41) is 17.2. The molecule has 2 unspecified atom stereocenters. The number of hydrogen-bond acceptors (Lipinski definition) is 4. The number of thiophene rings is 1. The van der Waals surface area contributed by atoms with Gasteiger partial charge in [0.2, 0.25) is 0 Å². The standard InChI is InChI=1S/C18H19IN2O2S/c1-2-9-3-5-11-14(7-9)24-18-15(11)17(23)20-16(21-18)10-4-6-13(22)12(19)8-10/h4,6,8-9,16,21-22H,2-3,5,7H2,1H3,(H,20,23). The number of phenols is 1. The highest BCUT2D eigenvalue weighted by molar-refractivity contribution is 14.1. The molecule has 4 rings (SSSR count). The number of aromatic hydroxyl groups is 1. The fourth-order valence-corrected chi connectivity index (χ4v) is 5.51. The Bertz CT molecular complexity index is 818. The molecule has 1 aromatic heterocycles. The Morgan fingerprint density at radius 1 is 1.38 bits per heavy atom. The van der Waals surface area contributed by atoms with Crippen LogP contribution in [0.15, 0.2) is 18.2 Å². The van der Waals surface area contributed by atoms with Crippen LogP contribution in [0.25, 0.3) is 0 Å². The lowest BCUT2D eigenvalue weighted by Crippen LogP contribution is -2.38. The van der Waals surface area contributed by atoms with Crippen LogP contribution in [0.2, 0.25) is 0 Å². The molecule has 6 heteroatoms. The van der Waals surface area contributed by atoms with Crippen LogP contribution in [-0.4, -0.2) is 11.0 Å². The zero-order valence-electron chi connectivity index (χ0n) is 13.4. The van der Waals surface area contributed by atoms with E-state index in [1.54, 1.807) is 17.4 Å². The fourth-order valence-electron chi connectivity index (χ4n) is 3.58. The predicted octanol–water partition coefficient (Wildman–Crippen LogP) is 4.43. The second-order valence-corrected chi connectivity index (χ2v) is 8.75. The average Bonchev–Trinajstić information content (AvgIpc) is 2.95. The maximum absolute atomic E-state index is 12.7. The topological polar surface area (TPSA) is 61.4 Å². The van der Waals surface area contributed by atoms with Crippen molar-refractivity contribution in [2.24, 2.45) is 5.92 Å². The molecule has 4 nitrogen and oxygen atoms in total. The number of carbonyl (C=O) groups is 1. The number of carbonyl (C=O) groups excluding carboxylic acids is 1. The maximum atomic E-state index is 12.7. The van der Waals surface area contributed by atoms with E-state index in [1.165, 1.54) is 23.3 Å². The number of anilines is 1. The molecule has 0 radical (unpaired) electrons. The summed E-state index contributed by atoms with van der Waals surface area (Å²) in [6.07, 6.45) is 4.24. The molecule has 126 valence electrons. The molecule has 3 N–H and O–H groups in total. The molecular weight excluding hydrogens is 435 g/mol. The summed E-state index contributed by atoms with van der Waals surface area (Å²) in [6.45, 7) is 2.25. The Kier molecular flexibility index (Phi) is 4.20. The SMILES string of the molecule is CCC1CCc2c(sc3c2C(=O)NC(c2ccc(O)c(I)c2)N3)C1. The monoisotopic (exact) mass is 454 g/mol. The molecule has 2 heterocycles. The van der Waals surface area contributed by atoms with Crippen LogP contribution in [0, 0.1) is 9.49 Å². The minimum absolute atomic E-state index is 0.0179. The van der Waals surface area contributed by atoms with Gasteiger partial charge in [-0.2, -0.15) is 0 Å². The summed E-state index contributed by atoms with van der Waals surface area (Å²) in [4.78, 5) is 14.1.